The first-order chi connectivity index (χ1) is 7.33. The molecule has 0 aliphatic rings. The molecule has 0 bridgehead atoms. The van der Waals surface area contributed by atoms with Crippen LogP contribution in [-0.2, 0) is 19.3 Å². The number of aliphatic hydroxyl groups is 1. The lowest BCUT2D eigenvalue weighted by molar-refractivity contribution is 0.284. The van der Waals surface area contributed by atoms with Crippen molar-refractivity contribution in [2.75, 3.05) is 6.61 Å². The Balaban J connectivity index is 2.80. The third-order valence-electron chi connectivity index (χ3n) is 2.97. The lowest BCUT2D eigenvalue weighted by Gasteiger charge is -2.12. The predicted molar refractivity (Wildman–Crippen MR) is 65.2 cm³/mol. The molecule has 1 aromatic carbocycles. The number of unbranched alkanes of at least 4 members (excludes halogenated alkanes) is 1. The fourth-order valence-electron chi connectivity index (χ4n) is 2.09. The quantitative estimate of drug-likeness (QED) is 0.709. The lowest BCUT2D eigenvalue weighted by atomic mass is 9.94. The van der Waals surface area contributed by atoms with Crippen molar-refractivity contribution < 1.29 is 5.11 Å². The van der Waals surface area contributed by atoms with E-state index in [1.807, 2.05) is 0 Å². The van der Waals surface area contributed by atoms with Gasteiger partial charge in [-0.3, -0.25) is 0 Å². The van der Waals surface area contributed by atoms with Gasteiger partial charge in [0.1, 0.15) is 0 Å². The summed E-state index contributed by atoms with van der Waals surface area (Å²) < 4.78 is 0. The van der Waals surface area contributed by atoms with Crippen LogP contribution >= 0.6 is 0 Å². The standard InChI is InChI=1S/C14H22O/c1-3-12-8-7-9-13(4-2)14(12)10-5-6-11-15/h7-9,15H,3-6,10-11H2,1-2H3. The van der Waals surface area contributed by atoms with E-state index in [-0.39, 0.29) is 0 Å². The van der Waals surface area contributed by atoms with Crippen LogP contribution < -0.4 is 0 Å². The monoisotopic (exact) mass is 206 g/mol. The van der Waals surface area contributed by atoms with Crippen LogP contribution in [0, 0.1) is 0 Å². The first-order valence-corrected chi connectivity index (χ1v) is 6.04. The zero-order chi connectivity index (χ0) is 11.1. The molecule has 0 aliphatic heterocycles. The second-order valence-electron chi connectivity index (χ2n) is 3.94. The third-order valence-corrected chi connectivity index (χ3v) is 2.97. The highest BCUT2D eigenvalue weighted by atomic mass is 16.2. The van der Waals surface area contributed by atoms with Gasteiger partial charge in [0.05, 0.1) is 0 Å². The molecule has 0 spiro atoms. The summed E-state index contributed by atoms with van der Waals surface area (Å²) in [7, 11) is 0. The number of hydrogen-bond acceptors (Lipinski definition) is 1. The maximum absolute atomic E-state index is 8.80. The normalized spacial score (nSPS) is 10.6. The summed E-state index contributed by atoms with van der Waals surface area (Å²) in [4.78, 5) is 0. The third kappa shape index (κ3) is 3.35. The minimum Gasteiger partial charge on any atom is -0.396 e. The van der Waals surface area contributed by atoms with E-state index in [0.717, 1.165) is 32.1 Å². The van der Waals surface area contributed by atoms with Crippen LogP contribution in [0.25, 0.3) is 0 Å². The molecule has 0 unspecified atom stereocenters. The Labute approximate surface area is 93.1 Å². The van der Waals surface area contributed by atoms with Crippen LogP contribution in [0.5, 0.6) is 0 Å². The molecule has 0 saturated carbocycles. The van der Waals surface area contributed by atoms with E-state index >= 15 is 0 Å². The van der Waals surface area contributed by atoms with Crippen LogP contribution in [0.3, 0.4) is 0 Å². The molecule has 0 heterocycles. The van der Waals surface area contributed by atoms with E-state index in [1.165, 1.54) is 16.7 Å². The first kappa shape index (κ1) is 12.3. The molecular formula is C14H22O. The molecule has 84 valence electrons. The molecule has 0 aliphatic carbocycles. The Morgan fingerprint density at radius 1 is 1.00 bits per heavy atom. The zero-order valence-corrected chi connectivity index (χ0v) is 9.92. The van der Waals surface area contributed by atoms with Crippen molar-refractivity contribution in [2.24, 2.45) is 0 Å². The SMILES string of the molecule is CCc1cccc(CC)c1CCCCO. The number of rotatable bonds is 6. The Morgan fingerprint density at radius 2 is 1.60 bits per heavy atom. The van der Waals surface area contributed by atoms with Gasteiger partial charge in [0.15, 0.2) is 0 Å². The highest BCUT2D eigenvalue weighted by Gasteiger charge is 2.05. The van der Waals surface area contributed by atoms with E-state index in [1.54, 1.807) is 0 Å². The van der Waals surface area contributed by atoms with Crippen molar-refractivity contribution >= 4 is 0 Å². The Hall–Kier alpha value is -0.820. The van der Waals surface area contributed by atoms with E-state index in [4.69, 9.17) is 5.11 Å². The number of hydrogen-bond donors (Lipinski definition) is 1. The van der Waals surface area contributed by atoms with Crippen molar-refractivity contribution in [1.29, 1.82) is 0 Å². The van der Waals surface area contributed by atoms with Gasteiger partial charge < -0.3 is 5.11 Å². The van der Waals surface area contributed by atoms with Gasteiger partial charge in [0, 0.05) is 6.61 Å². The van der Waals surface area contributed by atoms with E-state index in [2.05, 4.69) is 32.0 Å². The Morgan fingerprint density at radius 3 is 2.07 bits per heavy atom. The molecule has 0 saturated heterocycles. The second-order valence-corrected chi connectivity index (χ2v) is 3.94. The first-order valence-electron chi connectivity index (χ1n) is 6.04. The smallest absolute Gasteiger partial charge is 0.0431 e. The van der Waals surface area contributed by atoms with Crippen LogP contribution in [0.2, 0.25) is 0 Å². The molecule has 0 atom stereocenters. The minimum atomic E-state index is 0.315. The highest BCUT2D eigenvalue weighted by Crippen LogP contribution is 2.18. The van der Waals surface area contributed by atoms with Gasteiger partial charge in [-0.1, -0.05) is 32.0 Å². The molecule has 0 fully saturated rings. The zero-order valence-electron chi connectivity index (χ0n) is 9.92. The van der Waals surface area contributed by atoms with E-state index < -0.39 is 0 Å². The fraction of sp³-hybridized carbons (Fsp3) is 0.571. The number of aryl methyl sites for hydroxylation is 2. The highest BCUT2D eigenvalue weighted by molar-refractivity contribution is 5.35. The van der Waals surface area contributed by atoms with Gasteiger partial charge in [-0.2, -0.15) is 0 Å². The van der Waals surface area contributed by atoms with Crippen molar-refractivity contribution in [3.8, 4) is 0 Å². The minimum absolute atomic E-state index is 0.315. The molecule has 1 nitrogen and oxygen atoms in total. The van der Waals surface area contributed by atoms with Gasteiger partial charge >= 0.3 is 0 Å². The Kier molecular flexibility index (Phi) is 5.41. The number of benzene rings is 1. The molecule has 1 aromatic rings. The molecule has 0 aromatic heterocycles. The van der Waals surface area contributed by atoms with Crippen LogP contribution in [0.4, 0.5) is 0 Å². The van der Waals surface area contributed by atoms with E-state index in [9.17, 15) is 0 Å². The van der Waals surface area contributed by atoms with Gasteiger partial charge in [-0.05, 0) is 48.8 Å². The van der Waals surface area contributed by atoms with Crippen molar-refractivity contribution in [2.45, 2.75) is 46.0 Å². The van der Waals surface area contributed by atoms with Crippen LogP contribution in [-0.4, -0.2) is 11.7 Å². The van der Waals surface area contributed by atoms with E-state index in [0.29, 0.717) is 6.61 Å². The summed E-state index contributed by atoms with van der Waals surface area (Å²) in [5, 5.41) is 8.80. The summed E-state index contributed by atoms with van der Waals surface area (Å²) in [6.45, 7) is 4.74. The van der Waals surface area contributed by atoms with Crippen LogP contribution in [0.15, 0.2) is 18.2 Å². The number of aliphatic hydroxyl groups excluding tert-OH is 1. The molecule has 1 N–H and O–H groups in total. The van der Waals surface area contributed by atoms with Crippen molar-refractivity contribution in [1.82, 2.24) is 0 Å². The summed E-state index contributed by atoms with van der Waals surface area (Å²) in [6, 6.07) is 6.62. The molecule has 0 amide bonds. The summed E-state index contributed by atoms with van der Waals surface area (Å²) in [5.41, 5.74) is 4.48. The average Bonchev–Trinajstić information content (AvgIpc) is 2.29. The largest absolute Gasteiger partial charge is 0.396 e. The maximum Gasteiger partial charge on any atom is 0.0431 e. The lowest BCUT2D eigenvalue weighted by Crippen LogP contribution is -1.99. The van der Waals surface area contributed by atoms with Gasteiger partial charge in [-0.25, -0.2) is 0 Å². The average molecular weight is 206 g/mol. The van der Waals surface area contributed by atoms with Crippen LogP contribution in [0.1, 0.15) is 43.4 Å². The maximum atomic E-state index is 8.80. The van der Waals surface area contributed by atoms with Crippen molar-refractivity contribution in [3.63, 3.8) is 0 Å². The molecular weight excluding hydrogens is 184 g/mol. The topological polar surface area (TPSA) is 20.2 Å². The van der Waals surface area contributed by atoms with Crippen molar-refractivity contribution in [3.05, 3.63) is 34.9 Å². The van der Waals surface area contributed by atoms with Gasteiger partial charge in [-0.15, -0.1) is 0 Å². The molecule has 15 heavy (non-hydrogen) atoms. The fourth-order valence-corrected chi connectivity index (χ4v) is 2.09. The molecule has 1 rings (SSSR count). The summed E-state index contributed by atoms with van der Waals surface area (Å²) >= 11 is 0. The van der Waals surface area contributed by atoms with Gasteiger partial charge in [0.25, 0.3) is 0 Å². The Bertz CT molecular complexity index is 269. The predicted octanol–water partition coefficient (Wildman–Crippen LogP) is 3.13. The summed E-state index contributed by atoms with van der Waals surface area (Å²) in [5.74, 6) is 0. The summed E-state index contributed by atoms with van der Waals surface area (Å²) in [6.07, 6.45) is 5.36. The second kappa shape index (κ2) is 6.62. The molecule has 1 heteroatoms. The van der Waals surface area contributed by atoms with Gasteiger partial charge in [0.2, 0.25) is 0 Å². The molecule has 0 radical (unpaired) electrons.